The van der Waals surface area contributed by atoms with Crippen molar-refractivity contribution in [1.82, 2.24) is 15.5 Å². The Bertz CT molecular complexity index is 463. The molecule has 0 aliphatic carbocycles. The molecule has 0 radical (unpaired) electrons. The number of H-pyrrole nitrogens is 1. The lowest BCUT2D eigenvalue weighted by Crippen LogP contribution is -2.27. The van der Waals surface area contributed by atoms with E-state index in [9.17, 15) is 9.59 Å². The predicted octanol–water partition coefficient (Wildman–Crippen LogP) is 1.97. The number of aliphatic carboxylic acids is 1. The third kappa shape index (κ3) is 5.97. The van der Waals surface area contributed by atoms with E-state index in [2.05, 4.69) is 15.5 Å². The molecule has 1 amide bonds. The van der Waals surface area contributed by atoms with Gasteiger partial charge in [-0.05, 0) is 32.6 Å². The lowest BCUT2D eigenvalue weighted by atomic mass is 9.96. The molecule has 0 saturated heterocycles. The molecule has 0 saturated carbocycles. The number of rotatable bonds is 9. The average Bonchev–Trinajstić information content (AvgIpc) is 2.74. The number of carboxylic acids is 1. The van der Waals surface area contributed by atoms with Crippen LogP contribution in [-0.4, -0.2) is 33.7 Å². The maximum atomic E-state index is 11.9. The van der Waals surface area contributed by atoms with Crippen LogP contribution in [0.5, 0.6) is 0 Å². The Morgan fingerprint density at radius 2 is 2.05 bits per heavy atom. The molecule has 21 heavy (non-hydrogen) atoms. The Hall–Kier alpha value is -1.85. The van der Waals surface area contributed by atoms with Gasteiger partial charge in [0.05, 0.1) is 12.1 Å². The van der Waals surface area contributed by atoms with Crippen molar-refractivity contribution in [2.75, 3.05) is 6.54 Å². The first kappa shape index (κ1) is 17.2. The Morgan fingerprint density at radius 1 is 1.33 bits per heavy atom. The number of aryl methyl sites for hydroxylation is 2. The number of hydrogen-bond acceptors (Lipinski definition) is 3. The van der Waals surface area contributed by atoms with Crippen LogP contribution >= 0.6 is 0 Å². The summed E-state index contributed by atoms with van der Waals surface area (Å²) in [5.41, 5.74) is 2.73. The number of aromatic nitrogens is 2. The molecule has 1 atom stereocenters. The first-order valence-corrected chi connectivity index (χ1v) is 7.43. The van der Waals surface area contributed by atoms with Crippen LogP contribution in [0.3, 0.4) is 0 Å². The monoisotopic (exact) mass is 295 g/mol. The third-order valence-corrected chi connectivity index (χ3v) is 3.84. The summed E-state index contributed by atoms with van der Waals surface area (Å²) in [4.78, 5) is 22.5. The summed E-state index contributed by atoms with van der Waals surface area (Å²) in [6, 6.07) is 0. The van der Waals surface area contributed by atoms with Crippen LogP contribution < -0.4 is 5.32 Å². The number of carbonyl (C=O) groups excluding carboxylic acids is 1. The molecule has 1 heterocycles. The van der Waals surface area contributed by atoms with Gasteiger partial charge in [0.25, 0.3) is 0 Å². The zero-order valence-electron chi connectivity index (χ0n) is 13.0. The van der Waals surface area contributed by atoms with Crippen molar-refractivity contribution in [2.24, 2.45) is 5.92 Å². The van der Waals surface area contributed by atoms with Crippen molar-refractivity contribution in [1.29, 1.82) is 0 Å². The largest absolute Gasteiger partial charge is 0.481 e. The Balaban J connectivity index is 2.31. The fraction of sp³-hybridized carbons (Fsp3) is 0.667. The number of hydrogen-bond donors (Lipinski definition) is 3. The smallest absolute Gasteiger partial charge is 0.303 e. The molecule has 0 spiro atoms. The van der Waals surface area contributed by atoms with Gasteiger partial charge in [0.2, 0.25) is 5.91 Å². The van der Waals surface area contributed by atoms with E-state index < -0.39 is 5.97 Å². The molecule has 0 bridgehead atoms. The van der Waals surface area contributed by atoms with Crippen molar-refractivity contribution < 1.29 is 14.7 Å². The van der Waals surface area contributed by atoms with Gasteiger partial charge >= 0.3 is 5.97 Å². The van der Waals surface area contributed by atoms with Crippen LogP contribution in [0.4, 0.5) is 0 Å². The average molecular weight is 295 g/mol. The predicted molar refractivity (Wildman–Crippen MR) is 80.0 cm³/mol. The van der Waals surface area contributed by atoms with Gasteiger partial charge in [-0.15, -0.1) is 0 Å². The number of amides is 1. The number of carbonyl (C=O) groups is 2. The van der Waals surface area contributed by atoms with Gasteiger partial charge in [0.15, 0.2) is 0 Å². The molecule has 3 N–H and O–H groups in total. The quantitative estimate of drug-likeness (QED) is 0.649. The SMILES string of the molecule is CCC(CCNC(=O)Cc1c(C)n[nH]c1C)CCC(=O)O. The first-order chi connectivity index (χ1) is 9.93. The molecule has 6 heteroatoms. The van der Waals surface area contributed by atoms with E-state index >= 15 is 0 Å². The third-order valence-electron chi connectivity index (χ3n) is 3.84. The van der Waals surface area contributed by atoms with Gasteiger partial charge in [-0.3, -0.25) is 14.7 Å². The molecule has 0 aromatic carbocycles. The van der Waals surface area contributed by atoms with E-state index in [0.29, 0.717) is 25.3 Å². The number of carboxylic acid groups (broad SMARTS) is 1. The van der Waals surface area contributed by atoms with Crippen LogP contribution in [0.2, 0.25) is 0 Å². The topological polar surface area (TPSA) is 95.1 Å². The number of aromatic amines is 1. The van der Waals surface area contributed by atoms with E-state index in [0.717, 1.165) is 29.8 Å². The summed E-state index contributed by atoms with van der Waals surface area (Å²) in [7, 11) is 0. The fourth-order valence-corrected chi connectivity index (χ4v) is 2.35. The lowest BCUT2D eigenvalue weighted by molar-refractivity contribution is -0.137. The van der Waals surface area contributed by atoms with E-state index in [4.69, 9.17) is 5.11 Å². The van der Waals surface area contributed by atoms with Crippen molar-refractivity contribution in [2.45, 2.75) is 52.9 Å². The molecule has 118 valence electrons. The van der Waals surface area contributed by atoms with Gasteiger partial charge in [-0.2, -0.15) is 5.10 Å². The van der Waals surface area contributed by atoms with E-state index in [1.54, 1.807) is 0 Å². The molecular formula is C15H25N3O3. The van der Waals surface area contributed by atoms with Crippen LogP contribution in [0, 0.1) is 19.8 Å². The van der Waals surface area contributed by atoms with Crippen molar-refractivity contribution in [3.05, 3.63) is 17.0 Å². The highest BCUT2D eigenvalue weighted by Crippen LogP contribution is 2.15. The molecule has 0 aliphatic rings. The molecule has 1 aromatic heterocycles. The molecule has 6 nitrogen and oxygen atoms in total. The van der Waals surface area contributed by atoms with Crippen molar-refractivity contribution in [3.63, 3.8) is 0 Å². The summed E-state index contributed by atoms with van der Waals surface area (Å²) in [5.74, 6) is -0.433. The molecule has 0 fully saturated rings. The zero-order valence-corrected chi connectivity index (χ0v) is 13.0. The van der Waals surface area contributed by atoms with Crippen LogP contribution in [0.15, 0.2) is 0 Å². The molecule has 1 aromatic rings. The van der Waals surface area contributed by atoms with Crippen molar-refractivity contribution >= 4 is 11.9 Å². The van der Waals surface area contributed by atoms with Gasteiger partial charge < -0.3 is 10.4 Å². The minimum Gasteiger partial charge on any atom is -0.481 e. The maximum Gasteiger partial charge on any atom is 0.303 e. The second kappa shape index (κ2) is 8.44. The maximum absolute atomic E-state index is 11.9. The van der Waals surface area contributed by atoms with Crippen molar-refractivity contribution in [3.8, 4) is 0 Å². The minimum absolute atomic E-state index is 0.0179. The van der Waals surface area contributed by atoms with Crippen LogP contribution in [-0.2, 0) is 16.0 Å². The first-order valence-electron chi connectivity index (χ1n) is 7.43. The number of nitrogens with one attached hydrogen (secondary N) is 2. The second-order valence-electron chi connectivity index (χ2n) is 5.43. The Kier molecular flexibility index (Phi) is 6.91. The van der Waals surface area contributed by atoms with Gasteiger partial charge in [-0.1, -0.05) is 13.3 Å². The molecular weight excluding hydrogens is 270 g/mol. The van der Waals surface area contributed by atoms with Gasteiger partial charge in [0.1, 0.15) is 0 Å². The van der Waals surface area contributed by atoms with Crippen LogP contribution in [0.25, 0.3) is 0 Å². The molecule has 1 rings (SSSR count). The van der Waals surface area contributed by atoms with Crippen LogP contribution in [0.1, 0.15) is 49.6 Å². The second-order valence-corrected chi connectivity index (χ2v) is 5.43. The fourth-order valence-electron chi connectivity index (χ4n) is 2.35. The van der Waals surface area contributed by atoms with Gasteiger partial charge in [0, 0.05) is 24.2 Å². The summed E-state index contributed by atoms with van der Waals surface area (Å²) >= 11 is 0. The highest BCUT2D eigenvalue weighted by atomic mass is 16.4. The summed E-state index contributed by atoms with van der Waals surface area (Å²) in [5, 5.41) is 18.5. The summed E-state index contributed by atoms with van der Waals surface area (Å²) < 4.78 is 0. The zero-order chi connectivity index (χ0) is 15.8. The Labute approximate surface area is 125 Å². The van der Waals surface area contributed by atoms with E-state index in [1.165, 1.54) is 0 Å². The summed E-state index contributed by atoms with van der Waals surface area (Å²) in [6.45, 7) is 6.42. The number of nitrogens with zero attached hydrogens (tertiary/aromatic N) is 1. The van der Waals surface area contributed by atoms with E-state index in [1.807, 2.05) is 20.8 Å². The standard InChI is InChI=1S/C15H25N3O3/c1-4-12(5-6-15(20)21)7-8-16-14(19)9-13-10(2)17-18-11(13)3/h12H,4-9H2,1-3H3,(H,16,19)(H,17,18)(H,20,21). The normalized spacial score (nSPS) is 12.1. The lowest BCUT2D eigenvalue weighted by Gasteiger charge is -2.14. The van der Waals surface area contributed by atoms with Gasteiger partial charge in [-0.25, -0.2) is 0 Å². The van der Waals surface area contributed by atoms with E-state index in [-0.39, 0.29) is 12.3 Å². The Morgan fingerprint density at radius 3 is 2.57 bits per heavy atom. The molecule has 0 aliphatic heterocycles. The summed E-state index contributed by atoms with van der Waals surface area (Å²) in [6.07, 6.45) is 2.95. The highest BCUT2D eigenvalue weighted by Gasteiger charge is 2.12. The minimum atomic E-state index is -0.761. The highest BCUT2D eigenvalue weighted by molar-refractivity contribution is 5.79. The molecule has 1 unspecified atom stereocenters.